The minimum Gasteiger partial charge on any atom is -0.369 e. The van der Waals surface area contributed by atoms with Gasteiger partial charge in [-0.05, 0) is 59.8 Å². The van der Waals surface area contributed by atoms with Crippen LogP contribution in [0.2, 0.25) is 0 Å². The number of anilines is 1. The van der Waals surface area contributed by atoms with Crippen molar-refractivity contribution >= 4 is 33.5 Å². The second-order valence-electron chi connectivity index (χ2n) is 5.59. The van der Waals surface area contributed by atoms with Crippen molar-refractivity contribution in [1.29, 1.82) is 5.26 Å². The molecule has 0 unspecified atom stereocenters. The van der Waals surface area contributed by atoms with Gasteiger partial charge in [0.25, 0.3) is 0 Å². The van der Waals surface area contributed by atoms with Crippen LogP contribution >= 0.6 is 15.9 Å². The van der Waals surface area contributed by atoms with Gasteiger partial charge in [-0.15, -0.1) is 0 Å². The van der Waals surface area contributed by atoms with Gasteiger partial charge in [0.05, 0.1) is 5.56 Å². The number of halogens is 1. The number of aliphatic imine (C=N–C) groups is 2. The molecule has 0 atom stereocenters. The van der Waals surface area contributed by atoms with Crippen LogP contribution in [0, 0.1) is 11.3 Å². The first-order chi connectivity index (χ1) is 10.6. The highest BCUT2D eigenvalue weighted by Gasteiger charge is 2.42. The maximum atomic E-state index is 9.07. The summed E-state index contributed by atoms with van der Waals surface area (Å²) in [6, 6.07) is 7.67. The molecule has 1 aliphatic heterocycles. The molecule has 22 heavy (non-hydrogen) atoms. The van der Waals surface area contributed by atoms with Gasteiger partial charge in [0.2, 0.25) is 11.9 Å². The number of hydrogen-bond acceptors (Lipinski definition) is 6. The Morgan fingerprint density at radius 2 is 1.95 bits per heavy atom. The SMILES string of the molecule is N#Cc1ccc(N2C(N)=NC(N)=NC23CCCCC3)cc1Br. The normalized spacial score (nSPS) is 20.3. The molecule has 0 bridgehead atoms. The van der Waals surface area contributed by atoms with E-state index in [0.29, 0.717) is 11.5 Å². The smallest absolute Gasteiger partial charge is 0.220 e. The molecule has 0 saturated heterocycles. The van der Waals surface area contributed by atoms with E-state index >= 15 is 0 Å². The van der Waals surface area contributed by atoms with E-state index in [9.17, 15) is 0 Å². The molecule has 1 heterocycles. The second kappa shape index (κ2) is 5.61. The van der Waals surface area contributed by atoms with E-state index in [2.05, 4.69) is 32.0 Å². The van der Waals surface area contributed by atoms with E-state index in [1.165, 1.54) is 6.42 Å². The van der Waals surface area contributed by atoms with Crippen LogP contribution in [0.5, 0.6) is 0 Å². The Balaban J connectivity index is 2.08. The van der Waals surface area contributed by atoms with Crippen molar-refractivity contribution in [3.8, 4) is 6.07 Å². The monoisotopic (exact) mass is 360 g/mol. The summed E-state index contributed by atoms with van der Waals surface area (Å²) in [5, 5.41) is 9.07. The van der Waals surface area contributed by atoms with E-state index in [-0.39, 0.29) is 5.96 Å². The third-order valence-electron chi connectivity index (χ3n) is 4.18. The van der Waals surface area contributed by atoms with Crippen molar-refractivity contribution in [1.82, 2.24) is 0 Å². The zero-order valence-corrected chi connectivity index (χ0v) is 13.7. The number of rotatable bonds is 1. The Morgan fingerprint density at radius 1 is 1.23 bits per heavy atom. The van der Waals surface area contributed by atoms with Crippen LogP contribution in [0.4, 0.5) is 5.69 Å². The van der Waals surface area contributed by atoms with Crippen molar-refractivity contribution in [3.63, 3.8) is 0 Å². The summed E-state index contributed by atoms with van der Waals surface area (Å²) in [5.74, 6) is 0.592. The van der Waals surface area contributed by atoms with Crippen LogP contribution < -0.4 is 16.4 Å². The molecule has 1 fully saturated rings. The Hall–Kier alpha value is -2.07. The van der Waals surface area contributed by atoms with Gasteiger partial charge in [-0.1, -0.05) is 6.42 Å². The average molecular weight is 361 g/mol. The molecular weight excluding hydrogens is 344 g/mol. The van der Waals surface area contributed by atoms with E-state index in [4.69, 9.17) is 16.7 Å². The number of nitrogens with two attached hydrogens (primary N) is 2. The number of nitriles is 1. The number of hydrogen-bond donors (Lipinski definition) is 2. The lowest BCUT2D eigenvalue weighted by molar-refractivity contribution is 0.305. The molecule has 1 aromatic rings. The Labute approximate surface area is 137 Å². The molecule has 1 aromatic carbocycles. The highest BCUT2D eigenvalue weighted by Crippen LogP contribution is 2.40. The molecule has 1 spiro atoms. The van der Waals surface area contributed by atoms with Gasteiger partial charge in [0, 0.05) is 10.2 Å². The molecule has 1 saturated carbocycles. The van der Waals surface area contributed by atoms with E-state index < -0.39 is 5.66 Å². The van der Waals surface area contributed by atoms with Crippen LogP contribution in [0.15, 0.2) is 32.7 Å². The molecule has 4 N–H and O–H groups in total. The molecule has 114 valence electrons. The van der Waals surface area contributed by atoms with Crippen molar-refractivity contribution in [3.05, 3.63) is 28.2 Å². The second-order valence-corrected chi connectivity index (χ2v) is 6.45. The minimum atomic E-state index is -0.457. The van der Waals surface area contributed by atoms with Crippen LogP contribution in [0.1, 0.15) is 37.7 Å². The lowest BCUT2D eigenvalue weighted by Gasteiger charge is -2.45. The maximum Gasteiger partial charge on any atom is 0.220 e. The number of guanidine groups is 2. The third-order valence-corrected chi connectivity index (χ3v) is 4.84. The summed E-state index contributed by atoms with van der Waals surface area (Å²) >= 11 is 3.43. The van der Waals surface area contributed by atoms with Crippen LogP contribution in [-0.2, 0) is 0 Å². The maximum absolute atomic E-state index is 9.07. The van der Waals surface area contributed by atoms with Crippen molar-refractivity contribution in [2.75, 3.05) is 4.90 Å². The molecular formula is C15H17BrN6. The molecule has 6 nitrogen and oxygen atoms in total. The fourth-order valence-corrected chi connectivity index (χ4v) is 3.68. The largest absolute Gasteiger partial charge is 0.369 e. The van der Waals surface area contributed by atoms with E-state index in [1.54, 1.807) is 6.07 Å². The van der Waals surface area contributed by atoms with Crippen LogP contribution in [0.3, 0.4) is 0 Å². The average Bonchev–Trinajstić information content (AvgIpc) is 2.47. The summed E-state index contributed by atoms with van der Waals surface area (Å²) in [6.07, 6.45) is 5.14. The summed E-state index contributed by atoms with van der Waals surface area (Å²) in [4.78, 5) is 10.7. The first-order valence-electron chi connectivity index (χ1n) is 7.25. The fraction of sp³-hybridized carbons (Fsp3) is 0.400. The highest BCUT2D eigenvalue weighted by molar-refractivity contribution is 9.10. The Bertz CT molecular complexity index is 696. The predicted molar refractivity (Wildman–Crippen MR) is 90.4 cm³/mol. The fourth-order valence-electron chi connectivity index (χ4n) is 3.23. The van der Waals surface area contributed by atoms with Crippen LogP contribution in [0.25, 0.3) is 0 Å². The quantitative estimate of drug-likeness (QED) is 0.802. The van der Waals surface area contributed by atoms with Gasteiger partial charge in [-0.3, -0.25) is 4.90 Å². The summed E-state index contributed by atoms with van der Waals surface area (Å²) in [5.41, 5.74) is 13.0. The van der Waals surface area contributed by atoms with Gasteiger partial charge >= 0.3 is 0 Å². The zero-order valence-electron chi connectivity index (χ0n) is 12.1. The number of nitrogens with zero attached hydrogens (tertiary/aromatic N) is 4. The summed E-state index contributed by atoms with van der Waals surface area (Å²) in [6.45, 7) is 0. The molecule has 3 rings (SSSR count). The molecule has 2 aliphatic rings. The van der Waals surface area contributed by atoms with Crippen molar-refractivity contribution < 1.29 is 0 Å². The van der Waals surface area contributed by atoms with E-state index in [0.717, 1.165) is 35.8 Å². The first kappa shape index (κ1) is 14.9. The molecule has 0 amide bonds. The predicted octanol–water partition coefficient (Wildman–Crippen LogP) is 2.43. The van der Waals surface area contributed by atoms with Gasteiger partial charge in [-0.2, -0.15) is 10.3 Å². The number of benzene rings is 1. The standard InChI is InChI=1S/C15H17BrN6/c16-12-8-11(5-4-10(12)9-17)22-14(19)20-13(18)21-15(22)6-2-1-3-7-15/h4-5,8H,1-3,6-7H2,(H4,18,19,20,21). The molecule has 0 radical (unpaired) electrons. The Kier molecular flexibility index (Phi) is 3.79. The molecule has 7 heteroatoms. The molecule has 0 aromatic heterocycles. The lowest BCUT2D eigenvalue weighted by atomic mass is 9.87. The van der Waals surface area contributed by atoms with Crippen molar-refractivity contribution in [2.45, 2.75) is 37.8 Å². The minimum absolute atomic E-state index is 0.239. The summed E-state index contributed by atoms with van der Waals surface area (Å²) < 4.78 is 0.730. The van der Waals surface area contributed by atoms with Crippen molar-refractivity contribution in [2.24, 2.45) is 21.5 Å². The van der Waals surface area contributed by atoms with E-state index in [1.807, 2.05) is 17.0 Å². The van der Waals surface area contributed by atoms with Gasteiger partial charge in [0.1, 0.15) is 11.7 Å². The highest BCUT2D eigenvalue weighted by atomic mass is 79.9. The third kappa shape index (κ3) is 2.44. The summed E-state index contributed by atoms with van der Waals surface area (Å²) in [7, 11) is 0. The van der Waals surface area contributed by atoms with Gasteiger partial charge in [-0.25, -0.2) is 4.99 Å². The first-order valence-corrected chi connectivity index (χ1v) is 8.04. The van der Waals surface area contributed by atoms with Crippen LogP contribution in [-0.4, -0.2) is 17.6 Å². The lowest BCUT2D eigenvalue weighted by Crippen LogP contribution is -2.58. The molecule has 1 aliphatic carbocycles. The topological polar surface area (TPSA) is 104 Å². The zero-order chi connectivity index (χ0) is 15.7. The Morgan fingerprint density at radius 3 is 2.59 bits per heavy atom. The van der Waals surface area contributed by atoms with Gasteiger partial charge < -0.3 is 11.5 Å². The van der Waals surface area contributed by atoms with Gasteiger partial charge in [0.15, 0.2) is 0 Å².